The summed E-state index contributed by atoms with van der Waals surface area (Å²) in [5.41, 5.74) is 0.973. The molecule has 1 aromatic heterocycles. The normalized spacial score (nSPS) is 11.6. The van der Waals surface area contributed by atoms with Crippen molar-refractivity contribution >= 4 is 33.3 Å². The van der Waals surface area contributed by atoms with E-state index in [0.29, 0.717) is 20.6 Å². The Hall–Kier alpha value is -1.70. The number of benzene rings is 1. The van der Waals surface area contributed by atoms with E-state index in [1.54, 1.807) is 36.5 Å². The fraction of sp³-hybridized carbons (Fsp3) is 0.0714. The van der Waals surface area contributed by atoms with Gasteiger partial charge in [0.25, 0.3) is 0 Å². The van der Waals surface area contributed by atoms with Crippen molar-refractivity contribution in [2.24, 2.45) is 0 Å². The lowest BCUT2D eigenvalue weighted by atomic mass is 9.93. The molecule has 1 atom stereocenters. The zero-order valence-electron chi connectivity index (χ0n) is 9.68. The lowest BCUT2D eigenvalue weighted by Gasteiger charge is -2.08. The van der Waals surface area contributed by atoms with Gasteiger partial charge in [-0.05, 0) is 29.8 Å². The van der Waals surface area contributed by atoms with Gasteiger partial charge in [-0.15, -0.1) is 0 Å². The van der Waals surface area contributed by atoms with Gasteiger partial charge in [-0.3, -0.25) is 9.78 Å². The van der Waals surface area contributed by atoms with E-state index >= 15 is 0 Å². The molecule has 0 aliphatic rings. The van der Waals surface area contributed by atoms with Crippen LogP contribution in [0.15, 0.2) is 47.2 Å². The molecule has 0 N–H and O–H groups in total. The largest absolute Gasteiger partial charge is 0.292 e. The lowest BCUT2D eigenvalue weighted by molar-refractivity contribution is 0.0978. The number of carbonyl (C=O) groups is 1. The van der Waals surface area contributed by atoms with Crippen molar-refractivity contribution in [2.45, 2.75) is 5.92 Å². The summed E-state index contributed by atoms with van der Waals surface area (Å²) in [6.45, 7) is 0. The van der Waals surface area contributed by atoms with Gasteiger partial charge in [0.05, 0.1) is 6.07 Å². The zero-order chi connectivity index (χ0) is 13.8. The second kappa shape index (κ2) is 5.96. The number of Topliss-reactive ketones (excluding diaryl/α,β-unsaturated/α-hetero) is 1. The Morgan fingerprint density at radius 2 is 2.21 bits per heavy atom. The molecule has 0 aliphatic carbocycles. The molecule has 0 saturated carbocycles. The predicted octanol–water partition coefficient (Wildman–Crippen LogP) is 3.99. The van der Waals surface area contributed by atoms with E-state index < -0.39 is 5.92 Å². The Bertz CT molecular complexity index is 632. The summed E-state index contributed by atoms with van der Waals surface area (Å²) in [5.74, 6) is -1.17. The Morgan fingerprint density at radius 3 is 2.79 bits per heavy atom. The molecule has 2 rings (SSSR count). The van der Waals surface area contributed by atoms with Crippen LogP contribution in [0, 0.1) is 11.3 Å². The van der Waals surface area contributed by atoms with Gasteiger partial charge in [-0.2, -0.15) is 5.26 Å². The molecule has 0 fully saturated rings. The van der Waals surface area contributed by atoms with Gasteiger partial charge < -0.3 is 0 Å². The summed E-state index contributed by atoms with van der Waals surface area (Å²) in [4.78, 5) is 16.3. The molecule has 5 heteroatoms. The minimum atomic E-state index is -0.876. The number of rotatable bonds is 3. The lowest BCUT2D eigenvalue weighted by Crippen LogP contribution is -2.11. The topological polar surface area (TPSA) is 53.8 Å². The molecule has 0 radical (unpaired) electrons. The molecule has 1 aromatic carbocycles. The second-order valence-corrected chi connectivity index (χ2v) is 5.22. The SMILES string of the molecule is N#CC(C(=O)c1cc(Cl)cc(Br)c1)c1cccnc1. The number of nitrogens with zero attached hydrogens (tertiary/aromatic N) is 2. The smallest absolute Gasteiger partial charge is 0.184 e. The number of nitriles is 1. The van der Waals surface area contributed by atoms with Crippen LogP contribution in [0.5, 0.6) is 0 Å². The zero-order valence-corrected chi connectivity index (χ0v) is 12.0. The van der Waals surface area contributed by atoms with Gasteiger partial charge in [-0.25, -0.2) is 0 Å². The van der Waals surface area contributed by atoms with E-state index in [0.717, 1.165) is 0 Å². The van der Waals surface area contributed by atoms with E-state index in [4.69, 9.17) is 11.6 Å². The molecule has 0 aliphatic heterocycles. The van der Waals surface area contributed by atoms with Crippen LogP contribution in [0.4, 0.5) is 0 Å². The Kier molecular flexibility index (Phi) is 4.31. The third-order valence-electron chi connectivity index (χ3n) is 2.56. The maximum Gasteiger partial charge on any atom is 0.184 e. The maximum atomic E-state index is 12.4. The standard InChI is InChI=1S/C14H8BrClN2O/c15-11-4-10(5-12(16)6-11)14(19)13(7-17)9-2-1-3-18-8-9/h1-6,8,13H. The van der Waals surface area contributed by atoms with E-state index in [9.17, 15) is 10.1 Å². The average Bonchev–Trinajstić information content (AvgIpc) is 2.39. The minimum Gasteiger partial charge on any atom is -0.292 e. The molecule has 0 saturated heterocycles. The van der Waals surface area contributed by atoms with Crippen molar-refractivity contribution in [3.8, 4) is 6.07 Å². The summed E-state index contributed by atoms with van der Waals surface area (Å²) in [6.07, 6.45) is 3.11. The number of hydrogen-bond acceptors (Lipinski definition) is 3. The van der Waals surface area contributed by atoms with Crippen LogP contribution < -0.4 is 0 Å². The van der Waals surface area contributed by atoms with Crippen LogP contribution in [0.25, 0.3) is 0 Å². The third-order valence-corrected chi connectivity index (χ3v) is 3.23. The van der Waals surface area contributed by atoms with E-state index in [1.165, 1.54) is 6.20 Å². The van der Waals surface area contributed by atoms with Crippen LogP contribution in [-0.4, -0.2) is 10.8 Å². The quantitative estimate of drug-likeness (QED) is 0.797. The fourth-order valence-corrected chi connectivity index (χ4v) is 2.55. The highest BCUT2D eigenvalue weighted by atomic mass is 79.9. The minimum absolute atomic E-state index is 0.293. The Balaban J connectivity index is 2.40. The highest BCUT2D eigenvalue weighted by Gasteiger charge is 2.22. The summed E-state index contributed by atoms with van der Waals surface area (Å²) >= 11 is 9.19. The summed E-state index contributed by atoms with van der Waals surface area (Å²) in [5, 5.41) is 9.65. The van der Waals surface area contributed by atoms with Gasteiger partial charge >= 0.3 is 0 Å². The van der Waals surface area contributed by atoms with E-state index in [2.05, 4.69) is 20.9 Å². The summed E-state index contributed by atoms with van der Waals surface area (Å²) in [6, 6.07) is 10.3. The molecule has 0 spiro atoms. The number of aromatic nitrogens is 1. The molecule has 19 heavy (non-hydrogen) atoms. The second-order valence-electron chi connectivity index (χ2n) is 3.87. The average molecular weight is 336 g/mol. The first kappa shape index (κ1) is 13.7. The fourth-order valence-electron chi connectivity index (χ4n) is 1.69. The van der Waals surface area contributed by atoms with Crippen LogP contribution in [0.1, 0.15) is 21.8 Å². The predicted molar refractivity (Wildman–Crippen MR) is 76.1 cm³/mol. The van der Waals surface area contributed by atoms with Gasteiger partial charge in [0.2, 0.25) is 0 Å². The maximum absolute atomic E-state index is 12.4. The van der Waals surface area contributed by atoms with Crippen molar-refractivity contribution in [3.05, 3.63) is 63.3 Å². The molecule has 0 bridgehead atoms. The highest BCUT2D eigenvalue weighted by Crippen LogP contribution is 2.25. The first-order chi connectivity index (χ1) is 9.11. The molecule has 3 nitrogen and oxygen atoms in total. The van der Waals surface area contributed by atoms with Crippen molar-refractivity contribution in [1.82, 2.24) is 4.98 Å². The number of ketones is 1. The molecule has 2 aromatic rings. The Morgan fingerprint density at radius 1 is 1.42 bits per heavy atom. The molecule has 1 unspecified atom stereocenters. The van der Waals surface area contributed by atoms with E-state index in [1.807, 2.05) is 6.07 Å². The molecule has 1 heterocycles. The van der Waals surface area contributed by atoms with Gasteiger partial charge in [0.15, 0.2) is 5.78 Å². The van der Waals surface area contributed by atoms with Crippen molar-refractivity contribution < 1.29 is 4.79 Å². The molecule has 0 amide bonds. The summed E-state index contributed by atoms with van der Waals surface area (Å²) in [7, 11) is 0. The number of hydrogen-bond donors (Lipinski definition) is 0. The number of halogens is 2. The molecular formula is C14H8BrClN2O. The monoisotopic (exact) mass is 334 g/mol. The summed E-state index contributed by atoms with van der Waals surface area (Å²) < 4.78 is 0.700. The number of pyridine rings is 1. The van der Waals surface area contributed by atoms with Crippen molar-refractivity contribution in [3.63, 3.8) is 0 Å². The van der Waals surface area contributed by atoms with Crippen LogP contribution in [0.3, 0.4) is 0 Å². The van der Waals surface area contributed by atoms with Gasteiger partial charge in [0, 0.05) is 27.5 Å². The van der Waals surface area contributed by atoms with Crippen LogP contribution >= 0.6 is 27.5 Å². The van der Waals surface area contributed by atoms with Crippen LogP contribution in [0.2, 0.25) is 5.02 Å². The first-order valence-electron chi connectivity index (χ1n) is 5.41. The molecular weight excluding hydrogens is 328 g/mol. The first-order valence-corrected chi connectivity index (χ1v) is 6.59. The highest BCUT2D eigenvalue weighted by molar-refractivity contribution is 9.10. The number of carbonyl (C=O) groups excluding carboxylic acids is 1. The van der Waals surface area contributed by atoms with E-state index in [-0.39, 0.29) is 5.78 Å². The van der Waals surface area contributed by atoms with Crippen molar-refractivity contribution in [1.29, 1.82) is 5.26 Å². The third kappa shape index (κ3) is 3.19. The van der Waals surface area contributed by atoms with Crippen molar-refractivity contribution in [2.75, 3.05) is 0 Å². The Labute approximate surface area is 124 Å². The van der Waals surface area contributed by atoms with Crippen LogP contribution in [-0.2, 0) is 0 Å². The van der Waals surface area contributed by atoms with Gasteiger partial charge in [0.1, 0.15) is 5.92 Å². The van der Waals surface area contributed by atoms with Gasteiger partial charge in [-0.1, -0.05) is 33.6 Å². The molecule has 94 valence electrons.